The van der Waals surface area contributed by atoms with Crippen LogP contribution in [0.25, 0.3) is 0 Å². The van der Waals surface area contributed by atoms with Crippen molar-refractivity contribution in [3.8, 4) is 0 Å². The van der Waals surface area contributed by atoms with Gasteiger partial charge in [0.05, 0.1) is 30.8 Å². The smallest absolute Gasteiger partial charge is 0.192 e. The molecule has 0 aliphatic carbocycles. The summed E-state index contributed by atoms with van der Waals surface area (Å²) in [5.41, 5.74) is 1.86. The van der Waals surface area contributed by atoms with E-state index in [0.29, 0.717) is 17.6 Å². The second kappa shape index (κ2) is 14.7. The fourth-order valence-corrected chi connectivity index (χ4v) is 6.26. The van der Waals surface area contributed by atoms with E-state index in [1.807, 2.05) is 41.8 Å². The molecule has 13 heteroatoms. The van der Waals surface area contributed by atoms with Gasteiger partial charge in [0.1, 0.15) is 16.0 Å². The van der Waals surface area contributed by atoms with Gasteiger partial charge in [-0.3, -0.25) is 0 Å². The number of aromatic nitrogens is 4. The number of halogens is 1. The summed E-state index contributed by atoms with van der Waals surface area (Å²) in [6, 6.07) is 11.8. The second-order valence-corrected chi connectivity index (χ2v) is 25.4. The summed E-state index contributed by atoms with van der Waals surface area (Å²) in [5.74, 6) is 1.56. The molecule has 0 aliphatic heterocycles. The molecule has 0 amide bonds. The lowest BCUT2D eigenvalue weighted by Gasteiger charge is -2.36. The normalized spacial score (nSPS) is 12.4. The highest BCUT2D eigenvalue weighted by Crippen LogP contribution is 2.38. The second-order valence-electron chi connectivity index (χ2n) is 13.2. The molecule has 0 saturated carbocycles. The molecule has 2 N–H and O–H groups in total. The number of hydrogen-bond acceptors (Lipinski definition) is 10. The lowest BCUT2D eigenvalue weighted by atomic mass is 10.2. The Morgan fingerprint density at radius 2 is 1.23 bits per heavy atom. The maximum Gasteiger partial charge on any atom is 0.192 e. The first kappa shape index (κ1) is 35.3. The molecule has 0 aromatic carbocycles. The van der Waals surface area contributed by atoms with Crippen LogP contribution in [0.1, 0.15) is 52.9 Å². The maximum atomic E-state index is 6.21. The van der Waals surface area contributed by atoms with Gasteiger partial charge in [-0.25, -0.2) is 19.9 Å². The molecule has 234 valence electrons. The average molecular weight is 677 g/mol. The van der Waals surface area contributed by atoms with Gasteiger partial charge in [0.25, 0.3) is 0 Å². The zero-order valence-corrected chi connectivity index (χ0v) is 31.3. The summed E-state index contributed by atoms with van der Waals surface area (Å²) in [4.78, 5) is 17.5. The molecule has 0 radical (unpaired) electrons. The average Bonchev–Trinajstić information content (AvgIpc) is 3.57. The van der Waals surface area contributed by atoms with E-state index in [1.54, 1.807) is 23.7 Å². The van der Waals surface area contributed by atoms with Crippen molar-refractivity contribution in [3.63, 3.8) is 0 Å². The molecule has 0 spiro atoms. The van der Waals surface area contributed by atoms with Crippen LogP contribution in [-0.2, 0) is 22.1 Å². The van der Waals surface area contributed by atoms with Gasteiger partial charge in [-0.05, 0) is 60.5 Å². The van der Waals surface area contributed by atoms with Crippen LogP contribution in [0, 0.1) is 0 Å². The number of thiazole rings is 2. The summed E-state index contributed by atoms with van der Waals surface area (Å²) in [6.45, 7) is 23.5. The van der Waals surface area contributed by atoms with Crippen LogP contribution in [0.15, 0.2) is 54.2 Å². The third kappa shape index (κ3) is 11.0. The van der Waals surface area contributed by atoms with Crippen molar-refractivity contribution in [2.75, 3.05) is 10.6 Å². The third-order valence-corrected chi connectivity index (χ3v) is 18.4. The molecule has 0 bridgehead atoms. The van der Waals surface area contributed by atoms with Crippen molar-refractivity contribution in [2.24, 2.45) is 0 Å². The maximum absolute atomic E-state index is 6.21. The van der Waals surface area contributed by atoms with Crippen LogP contribution < -0.4 is 10.6 Å². The monoisotopic (exact) mass is 676 g/mol. The first-order valence-corrected chi connectivity index (χ1v) is 22.1. The van der Waals surface area contributed by atoms with E-state index < -0.39 is 16.6 Å². The Morgan fingerprint density at radius 3 is 1.63 bits per heavy atom. The van der Waals surface area contributed by atoms with Crippen LogP contribution in [0.2, 0.25) is 40.6 Å². The van der Waals surface area contributed by atoms with Crippen molar-refractivity contribution < 1.29 is 8.85 Å². The van der Waals surface area contributed by atoms with Crippen molar-refractivity contribution in [1.82, 2.24) is 19.9 Å². The molecule has 0 saturated heterocycles. The Labute approximate surface area is 272 Å². The van der Waals surface area contributed by atoms with Gasteiger partial charge in [0.2, 0.25) is 0 Å². The largest absolute Gasteiger partial charge is 0.411 e. The predicted octanol–water partition coefficient (Wildman–Crippen LogP) is 10.3. The van der Waals surface area contributed by atoms with Crippen LogP contribution in [-0.4, -0.2) is 36.6 Å². The SMILES string of the molecule is CC(C)(C)[Si](C)(C)OCc1cccc(Nc2ncc(Cl)s2)n1.CC(C)(C)[Si](C)(C)OCc1cccc(Nc2nccs2)n1. The summed E-state index contributed by atoms with van der Waals surface area (Å²) in [7, 11) is -3.50. The Hall–Kier alpha value is -2.20. The molecule has 4 rings (SSSR count). The Bertz CT molecular complexity index is 1440. The van der Waals surface area contributed by atoms with Crippen molar-refractivity contribution in [2.45, 2.75) is 91.0 Å². The predicted molar refractivity (Wildman–Crippen MR) is 188 cm³/mol. The molecule has 43 heavy (non-hydrogen) atoms. The number of nitrogens with zero attached hydrogens (tertiary/aromatic N) is 4. The minimum Gasteiger partial charge on any atom is -0.411 e. The fourth-order valence-electron chi connectivity index (χ4n) is 3.02. The van der Waals surface area contributed by atoms with E-state index in [-0.39, 0.29) is 10.1 Å². The standard InChI is InChI=1S/C15H22ClN3OSSi.C15H23N3OSSi/c1-15(2,3)22(4,5)20-10-11-7-6-8-13(18-11)19-14-17-9-12(16)21-14;1-15(2,3)21(4,5)19-11-12-7-6-8-13(17-12)18-14-16-9-10-20-14/h6-9H,10H2,1-5H3,(H,17,18,19);6-10H,11H2,1-5H3,(H,16,17,18). The molecule has 0 aliphatic rings. The van der Waals surface area contributed by atoms with E-state index in [4.69, 9.17) is 20.5 Å². The van der Waals surface area contributed by atoms with E-state index in [9.17, 15) is 0 Å². The molecule has 0 unspecified atom stereocenters. The van der Waals surface area contributed by atoms with Gasteiger partial charge >= 0.3 is 0 Å². The number of hydrogen-bond donors (Lipinski definition) is 2. The highest BCUT2D eigenvalue weighted by molar-refractivity contribution is 7.19. The molecular weight excluding hydrogens is 632 g/mol. The first-order valence-electron chi connectivity index (χ1n) is 14.2. The molecule has 4 aromatic heterocycles. The van der Waals surface area contributed by atoms with E-state index in [2.05, 4.69) is 98.3 Å². The van der Waals surface area contributed by atoms with Crippen molar-refractivity contribution >= 4 is 72.8 Å². The van der Waals surface area contributed by atoms with E-state index in [1.165, 1.54) is 11.3 Å². The van der Waals surface area contributed by atoms with Gasteiger partial charge < -0.3 is 19.5 Å². The zero-order chi connectivity index (χ0) is 31.9. The molecule has 8 nitrogen and oxygen atoms in total. The number of nitrogens with one attached hydrogen (secondary N) is 2. The summed E-state index contributed by atoms with van der Waals surface area (Å²) in [6.07, 6.45) is 3.40. The number of rotatable bonds is 10. The van der Waals surface area contributed by atoms with Gasteiger partial charge in [-0.2, -0.15) is 0 Å². The van der Waals surface area contributed by atoms with Crippen LogP contribution >= 0.6 is 34.3 Å². The Balaban J connectivity index is 0.000000236. The van der Waals surface area contributed by atoms with E-state index >= 15 is 0 Å². The third-order valence-electron chi connectivity index (χ3n) is 7.77. The Morgan fingerprint density at radius 1 is 0.744 bits per heavy atom. The van der Waals surface area contributed by atoms with Gasteiger partial charge in [0.15, 0.2) is 26.9 Å². The summed E-state index contributed by atoms with van der Waals surface area (Å²) < 4.78 is 13.1. The minimum absolute atomic E-state index is 0.195. The minimum atomic E-state index is -1.76. The molecule has 0 fully saturated rings. The van der Waals surface area contributed by atoms with Crippen LogP contribution in [0.4, 0.5) is 21.9 Å². The molecule has 0 atom stereocenters. The first-order chi connectivity index (χ1) is 19.9. The number of pyridine rings is 2. The van der Waals surface area contributed by atoms with Crippen LogP contribution in [0.3, 0.4) is 0 Å². The van der Waals surface area contributed by atoms with Gasteiger partial charge in [-0.1, -0.05) is 76.6 Å². The molecular formula is C30H45ClN6O2S2Si2. The fraction of sp³-hybridized carbons (Fsp3) is 0.467. The Kier molecular flexibility index (Phi) is 12.1. The van der Waals surface area contributed by atoms with Gasteiger partial charge in [-0.15, -0.1) is 11.3 Å². The lowest BCUT2D eigenvalue weighted by molar-refractivity contribution is 0.272. The van der Waals surface area contributed by atoms with Gasteiger partial charge in [0, 0.05) is 11.6 Å². The van der Waals surface area contributed by atoms with E-state index in [0.717, 1.165) is 33.3 Å². The van der Waals surface area contributed by atoms with Crippen molar-refractivity contribution in [3.05, 3.63) is 69.9 Å². The lowest BCUT2D eigenvalue weighted by Crippen LogP contribution is -2.40. The molecule has 4 aromatic rings. The highest BCUT2D eigenvalue weighted by atomic mass is 35.5. The summed E-state index contributed by atoms with van der Waals surface area (Å²) in [5, 5.41) is 10.3. The summed E-state index contributed by atoms with van der Waals surface area (Å²) >= 11 is 8.83. The van der Waals surface area contributed by atoms with Crippen molar-refractivity contribution in [1.29, 1.82) is 0 Å². The molecule has 4 heterocycles. The quantitative estimate of drug-likeness (QED) is 0.160. The van der Waals surface area contributed by atoms with Crippen LogP contribution in [0.5, 0.6) is 0 Å². The topological polar surface area (TPSA) is 94.1 Å². The highest BCUT2D eigenvalue weighted by Gasteiger charge is 2.38. The number of anilines is 4. The zero-order valence-electron chi connectivity index (χ0n) is 26.9.